The van der Waals surface area contributed by atoms with Crippen LogP contribution in [0, 0.1) is 6.92 Å². The maximum Gasteiger partial charge on any atom is 0.276 e. The van der Waals surface area contributed by atoms with Crippen molar-refractivity contribution < 1.29 is 4.79 Å². The number of para-hydroxylation sites is 3. The van der Waals surface area contributed by atoms with Gasteiger partial charge in [0.15, 0.2) is 11.4 Å². The Labute approximate surface area is 166 Å². The van der Waals surface area contributed by atoms with E-state index in [1.807, 2.05) is 61.5 Å². The molecule has 0 aliphatic carbocycles. The van der Waals surface area contributed by atoms with Crippen molar-refractivity contribution in [1.29, 1.82) is 0 Å². The molecule has 0 bridgehead atoms. The predicted octanol–water partition coefficient (Wildman–Crippen LogP) is 3.93. The summed E-state index contributed by atoms with van der Waals surface area (Å²) in [6.45, 7) is 1.94. The Morgan fingerprint density at radius 3 is 2.38 bits per heavy atom. The zero-order valence-corrected chi connectivity index (χ0v) is 15.7. The minimum absolute atomic E-state index is 0.0299. The molecule has 0 atom stereocenters. The highest BCUT2D eigenvalue weighted by atomic mass is 16.1. The number of nitrogens with one attached hydrogen (secondary N) is 2. The summed E-state index contributed by atoms with van der Waals surface area (Å²) in [5, 5.41) is 4.27. The second kappa shape index (κ2) is 7.90. The lowest BCUT2D eigenvalue weighted by Crippen LogP contribution is -2.27. The van der Waals surface area contributed by atoms with Gasteiger partial charge < -0.3 is 4.98 Å². The number of hydrogen-bond acceptors (Lipinski definition) is 5. The van der Waals surface area contributed by atoms with Gasteiger partial charge in [-0.05, 0) is 31.2 Å². The molecule has 0 fully saturated rings. The molecule has 6 nitrogen and oxygen atoms in total. The highest BCUT2D eigenvalue weighted by Crippen LogP contribution is 2.12. The number of fused-ring (bicyclic) bond motifs is 1. The van der Waals surface area contributed by atoms with Gasteiger partial charge in [0.25, 0.3) is 5.56 Å². The van der Waals surface area contributed by atoms with E-state index >= 15 is 0 Å². The van der Waals surface area contributed by atoms with Crippen molar-refractivity contribution in [2.75, 3.05) is 5.43 Å². The van der Waals surface area contributed by atoms with Gasteiger partial charge in [-0.15, -0.1) is 0 Å². The maximum absolute atomic E-state index is 13.2. The Morgan fingerprint density at radius 1 is 0.931 bits per heavy atom. The van der Waals surface area contributed by atoms with Crippen LogP contribution in [0.2, 0.25) is 0 Å². The number of carbonyl (C=O) groups is 1. The van der Waals surface area contributed by atoms with Gasteiger partial charge >= 0.3 is 0 Å². The number of Topliss-reactive ketones (excluding diaryl/α,β-unsaturated/α-hetero) is 1. The molecule has 6 heteroatoms. The molecule has 0 saturated carbocycles. The molecular formula is C23H18N4O2. The SMILES string of the molecule is Cc1ccc(C(=O)/C(=N\Nc2ccccc2)c2nc3ccccc3[nH]c2=O)cc1. The normalized spacial score (nSPS) is 11.4. The number of aryl methyl sites for hydroxylation is 1. The molecule has 3 aromatic carbocycles. The molecule has 29 heavy (non-hydrogen) atoms. The number of hydrogen-bond donors (Lipinski definition) is 2. The molecule has 1 heterocycles. The number of ketones is 1. The first-order valence-electron chi connectivity index (χ1n) is 9.11. The minimum Gasteiger partial charge on any atom is -0.319 e. The number of hydrazone groups is 1. The van der Waals surface area contributed by atoms with Crippen LogP contribution in [0.25, 0.3) is 11.0 Å². The molecule has 0 amide bonds. The summed E-state index contributed by atoms with van der Waals surface area (Å²) in [6, 6.07) is 23.5. The molecule has 0 unspecified atom stereocenters. The van der Waals surface area contributed by atoms with Crippen LogP contribution < -0.4 is 11.0 Å². The van der Waals surface area contributed by atoms with E-state index in [1.54, 1.807) is 24.3 Å². The van der Waals surface area contributed by atoms with Crippen LogP contribution >= 0.6 is 0 Å². The topological polar surface area (TPSA) is 87.2 Å². The van der Waals surface area contributed by atoms with E-state index in [0.717, 1.165) is 5.56 Å². The number of anilines is 1. The quantitative estimate of drug-likeness (QED) is 0.311. The van der Waals surface area contributed by atoms with Crippen LogP contribution in [0.15, 0.2) is 88.8 Å². The number of nitrogens with zero attached hydrogens (tertiary/aromatic N) is 2. The summed E-state index contributed by atoms with van der Waals surface area (Å²) in [6.07, 6.45) is 0. The molecule has 2 N–H and O–H groups in total. The van der Waals surface area contributed by atoms with Crippen molar-refractivity contribution >= 4 is 28.2 Å². The third-order valence-corrected chi connectivity index (χ3v) is 4.42. The molecule has 4 aromatic rings. The molecule has 142 valence electrons. The lowest BCUT2D eigenvalue weighted by molar-refractivity contribution is 0.106. The third kappa shape index (κ3) is 3.96. The van der Waals surface area contributed by atoms with Gasteiger partial charge in [0, 0.05) is 5.56 Å². The Hall–Kier alpha value is -4.06. The largest absolute Gasteiger partial charge is 0.319 e. The van der Waals surface area contributed by atoms with E-state index in [4.69, 9.17) is 0 Å². The fourth-order valence-electron chi connectivity index (χ4n) is 2.88. The number of aromatic nitrogens is 2. The molecular weight excluding hydrogens is 364 g/mol. The van der Waals surface area contributed by atoms with Gasteiger partial charge in [-0.3, -0.25) is 15.0 Å². The Morgan fingerprint density at radius 2 is 1.62 bits per heavy atom. The van der Waals surface area contributed by atoms with E-state index in [9.17, 15) is 9.59 Å². The third-order valence-electron chi connectivity index (χ3n) is 4.42. The maximum atomic E-state index is 13.2. The molecule has 4 rings (SSSR count). The molecule has 0 aliphatic rings. The lowest BCUT2D eigenvalue weighted by atomic mass is 10.0. The van der Waals surface area contributed by atoms with Crippen LogP contribution in [-0.4, -0.2) is 21.5 Å². The summed E-state index contributed by atoms with van der Waals surface area (Å²) in [5.41, 5.74) is 5.63. The Bertz CT molecular complexity index is 1260. The van der Waals surface area contributed by atoms with Crippen molar-refractivity contribution in [3.63, 3.8) is 0 Å². The Balaban J connectivity index is 1.83. The van der Waals surface area contributed by atoms with E-state index in [-0.39, 0.29) is 17.2 Å². The van der Waals surface area contributed by atoms with E-state index < -0.39 is 5.56 Å². The molecule has 0 aliphatic heterocycles. The zero-order valence-electron chi connectivity index (χ0n) is 15.7. The van der Waals surface area contributed by atoms with Gasteiger partial charge in [0.2, 0.25) is 5.78 Å². The first-order chi connectivity index (χ1) is 14.1. The minimum atomic E-state index is -0.474. The average Bonchev–Trinajstić information content (AvgIpc) is 2.75. The first-order valence-corrected chi connectivity index (χ1v) is 9.11. The summed E-state index contributed by atoms with van der Waals surface area (Å²) in [5.74, 6) is -0.387. The van der Waals surface area contributed by atoms with Crippen molar-refractivity contribution in [2.45, 2.75) is 6.92 Å². The van der Waals surface area contributed by atoms with E-state index in [2.05, 4.69) is 20.5 Å². The Kier molecular flexibility index (Phi) is 4.99. The second-order valence-electron chi connectivity index (χ2n) is 6.57. The van der Waals surface area contributed by atoms with Crippen molar-refractivity contribution in [2.24, 2.45) is 5.10 Å². The number of aromatic amines is 1. The lowest BCUT2D eigenvalue weighted by Gasteiger charge is -2.08. The van der Waals surface area contributed by atoms with Gasteiger partial charge in [-0.2, -0.15) is 5.10 Å². The summed E-state index contributed by atoms with van der Waals surface area (Å²) >= 11 is 0. The van der Waals surface area contributed by atoms with Crippen LogP contribution in [0.3, 0.4) is 0 Å². The summed E-state index contributed by atoms with van der Waals surface area (Å²) < 4.78 is 0. The second-order valence-corrected chi connectivity index (χ2v) is 6.57. The standard InChI is InChI=1S/C23H18N4O2/c1-15-11-13-16(14-12-15)22(28)20(27-26-17-7-3-2-4-8-17)21-23(29)25-19-10-6-5-9-18(19)24-21/h2-14,26H,1H3,(H,25,29)/b27-20-. The molecule has 0 radical (unpaired) electrons. The highest BCUT2D eigenvalue weighted by Gasteiger charge is 2.22. The first kappa shape index (κ1) is 18.3. The fourth-order valence-corrected chi connectivity index (χ4v) is 2.88. The predicted molar refractivity (Wildman–Crippen MR) is 114 cm³/mol. The number of H-pyrrole nitrogens is 1. The van der Waals surface area contributed by atoms with E-state index in [0.29, 0.717) is 22.3 Å². The van der Waals surface area contributed by atoms with Gasteiger partial charge in [-0.1, -0.05) is 60.2 Å². The van der Waals surface area contributed by atoms with Crippen LogP contribution in [-0.2, 0) is 0 Å². The number of benzene rings is 3. The monoisotopic (exact) mass is 382 g/mol. The van der Waals surface area contributed by atoms with Crippen molar-refractivity contribution in [3.05, 3.63) is 106 Å². The highest BCUT2D eigenvalue weighted by molar-refractivity contribution is 6.51. The van der Waals surface area contributed by atoms with Gasteiger partial charge in [0.05, 0.1) is 16.7 Å². The van der Waals surface area contributed by atoms with Gasteiger partial charge in [0.1, 0.15) is 0 Å². The van der Waals surface area contributed by atoms with Crippen molar-refractivity contribution in [1.82, 2.24) is 9.97 Å². The summed E-state index contributed by atoms with van der Waals surface area (Å²) in [7, 11) is 0. The average molecular weight is 382 g/mol. The molecule has 0 spiro atoms. The van der Waals surface area contributed by atoms with Crippen LogP contribution in [0.4, 0.5) is 5.69 Å². The number of carbonyl (C=O) groups excluding carboxylic acids is 1. The fraction of sp³-hybridized carbons (Fsp3) is 0.0435. The smallest absolute Gasteiger partial charge is 0.276 e. The van der Waals surface area contributed by atoms with Crippen molar-refractivity contribution in [3.8, 4) is 0 Å². The van der Waals surface area contributed by atoms with Crippen LogP contribution in [0.5, 0.6) is 0 Å². The molecule has 0 saturated heterocycles. The van der Waals surface area contributed by atoms with Crippen LogP contribution in [0.1, 0.15) is 21.6 Å². The molecule has 1 aromatic heterocycles. The number of rotatable bonds is 5. The zero-order chi connectivity index (χ0) is 20.2. The van der Waals surface area contributed by atoms with Gasteiger partial charge in [-0.25, -0.2) is 4.98 Å². The summed E-state index contributed by atoms with van der Waals surface area (Å²) in [4.78, 5) is 33.1. The van der Waals surface area contributed by atoms with E-state index in [1.165, 1.54) is 0 Å².